The van der Waals surface area contributed by atoms with Gasteiger partial charge in [0.1, 0.15) is 6.54 Å². The van der Waals surface area contributed by atoms with Crippen LogP contribution in [0.5, 0.6) is 0 Å². The highest BCUT2D eigenvalue weighted by Gasteiger charge is 2.41. The molecule has 1 N–H and O–H groups in total. The number of hydrogen-bond acceptors (Lipinski definition) is 3. The number of nitrogens with zero attached hydrogens (tertiary/aromatic N) is 3. The number of para-hydroxylation sites is 1. The molecule has 1 aromatic carbocycles. The van der Waals surface area contributed by atoms with Crippen LogP contribution in [-0.2, 0) is 11.0 Å². The van der Waals surface area contributed by atoms with Crippen molar-refractivity contribution in [1.82, 2.24) is 14.7 Å². The Kier molecular flexibility index (Phi) is 5.45. The van der Waals surface area contributed by atoms with Crippen LogP contribution >= 0.6 is 0 Å². The van der Waals surface area contributed by atoms with E-state index in [4.69, 9.17) is 5.11 Å². The number of aliphatic carboxylic acids is 1. The van der Waals surface area contributed by atoms with E-state index in [1.807, 2.05) is 0 Å². The normalized spacial score (nSPS) is 11.4. The second kappa shape index (κ2) is 7.37. The van der Waals surface area contributed by atoms with Crippen LogP contribution in [0, 0.1) is 0 Å². The van der Waals surface area contributed by atoms with Gasteiger partial charge in [-0.15, -0.1) is 0 Å². The number of carbonyl (C=O) groups is 2. The van der Waals surface area contributed by atoms with Gasteiger partial charge < -0.3 is 10.0 Å². The maximum absolute atomic E-state index is 13.6. The molecule has 2 rings (SSSR count). The average Bonchev–Trinajstić information content (AvgIpc) is 2.99. The fourth-order valence-electron chi connectivity index (χ4n) is 2.40. The number of benzene rings is 1. The number of alkyl halides is 3. The molecular weight excluding hydrogens is 339 g/mol. The van der Waals surface area contributed by atoms with E-state index in [1.54, 1.807) is 25.1 Å². The summed E-state index contributed by atoms with van der Waals surface area (Å²) in [6.45, 7) is 1.04. The molecule has 0 fully saturated rings. The minimum Gasteiger partial charge on any atom is -0.480 e. The number of hydrogen-bond donors (Lipinski definition) is 1. The van der Waals surface area contributed by atoms with E-state index in [2.05, 4.69) is 5.10 Å². The fraction of sp³-hybridized carbons (Fsp3) is 0.312. The van der Waals surface area contributed by atoms with Crippen LogP contribution in [0.2, 0.25) is 0 Å². The van der Waals surface area contributed by atoms with Gasteiger partial charge in [-0.1, -0.05) is 25.1 Å². The number of aromatic nitrogens is 2. The molecule has 2 aromatic rings. The van der Waals surface area contributed by atoms with E-state index in [0.717, 1.165) is 11.1 Å². The van der Waals surface area contributed by atoms with Crippen molar-refractivity contribution in [3.8, 4) is 5.69 Å². The molecule has 0 saturated carbocycles. The first-order chi connectivity index (χ1) is 11.8. The molecule has 9 heteroatoms. The Hall–Kier alpha value is -2.84. The number of rotatable bonds is 6. The zero-order valence-corrected chi connectivity index (χ0v) is 13.3. The number of carbonyl (C=O) groups excluding carboxylic acids is 1. The first kappa shape index (κ1) is 18.5. The van der Waals surface area contributed by atoms with E-state index in [9.17, 15) is 22.8 Å². The molecule has 0 aliphatic rings. The zero-order chi connectivity index (χ0) is 18.6. The lowest BCUT2D eigenvalue weighted by molar-refractivity contribution is -0.143. The third-order valence-electron chi connectivity index (χ3n) is 3.38. The van der Waals surface area contributed by atoms with E-state index < -0.39 is 35.9 Å². The van der Waals surface area contributed by atoms with Gasteiger partial charge in [-0.05, 0) is 18.6 Å². The molecule has 1 aromatic heterocycles. The predicted octanol–water partition coefficient (Wildman–Crippen LogP) is 2.83. The van der Waals surface area contributed by atoms with Gasteiger partial charge in [0.15, 0.2) is 5.69 Å². The van der Waals surface area contributed by atoms with Crippen LogP contribution in [0.4, 0.5) is 13.2 Å². The Morgan fingerprint density at radius 1 is 1.24 bits per heavy atom. The topological polar surface area (TPSA) is 75.4 Å². The van der Waals surface area contributed by atoms with Crippen LogP contribution in [0.15, 0.2) is 36.5 Å². The summed E-state index contributed by atoms with van der Waals surface area (Å²) in [7, 11) is 0. The highest BCUT2D eigenvalue weighted by atomic mass is 19.4. The molecule has 1 heterocycles. The second-order valence-corrected chi connectivity index (χ2v) is 5.27. The lowest BCUT2D eigenvalue weighted by Crippen LogP contribution is -2.37. The second-order valence-electron chi connectivity index (χ2n) is 5.27. The molecule has 0 bridgehead atoms. The SMILES string of the molecule is CCCN(CC(=O)O)C(=O)c1cnn(-c2ccccc2)c1C(F)(F)F. The Bertz CT molecular complexity index is 757. The van der Waals surface area contributed by atoms with Gasteiger partial charge in [0.05, 0.1) is 17.4 Å². The lowest BCUT2D eigenvalue weighted by Gasteiger charge is -2.20. The van der Waals surface area contributed by atoms with Crippen LogP contribution in [0.1, 0.15) is 29.4 Å². The Balaban J connectivity index is 2.52. The zero-order valence-electron chi connectivity index (χ0n) is 13.3. The molecule has 1 amide bonds. The third kappa shape index (κ3) is 4.17. The maximum Gasteiger partial charge on any atom is 0.434 e. The van der Waals surface area contributed by atoms with Gasteiger partial charge in [-0.25, -0.2) is 4.68 Å². The lowest BCUT2D eigenvalue weighted by atomic mass is 10.2. The van der Waals surface area contributed by atoms with Gasteiger partial charge in [0.25, 0.3) is 5.91 Å². The van der Waals surface area contributed by atoms with Crippen LogP contribution in [-0.4, -0.2) is 44.8 Å². The van der Waals surface area contributed by atoms with E-state index in [-0.39, 0.29) is 12.2 Å². The van der Waals surface area contributed by atoms with Gasteiger partial charge in [-0.3, -0.25) is 9.59 Å². The molecule has 0 spiro atoms. The molecule has 25 heavy (non-hydrogen) atoms. The van der Waals surface area contributed by atoms with Crippen molar-refractivity contribution in [2.24, 2.45) is 0 Å². The average molecular weight is 355 g/mol. The van der Waals surface area contributed by atoms with Crippen molar-refractivity contribution >= 4 is 11.9 Å². The Labute approximate surface area is 141 Å². The molecule has 0 unspecified atom stereocenters. The van der Waals surface area contributed by atoms with E-state index in [1.165, 1.54) is 12.1 Å². The standard InChI is InChI=1S/C16H16F3N3O3/c1-2-8-21(10-13(23)24)15(25)12-9-20-22(14(12)16(17,18)19)11-6-4-3-5-7-11/h3-7,9H,2,8,10H2,1H3,(H,23,24). The summed E-state index contributed by atoms with van der Waals surface area (Å²) in [4.78, 5) is 24.2. The number of amides is 1. The van der Waals surface area contributed by atoms with Gasteiger partial charge in [-0.2, -0.15) is 18.3 Å². The Morgan fingerprint density at radius 3 is 2.40 bits per heavy atom. The van der Waals surface area contributed by atoms with Crippen molar-refractivity contribution < 1.29 is 27.9 Å². The molecule has 134 valence electrons. The maximum atomic E-state index is 13.6. The molecule has 0 atom stereocenters. The minimum absolute atomic E-state index is 0.0267. The monoisotopic (exact) mass is 355 g/mol. The number of halogens is 3. The predicted molar refractivity (Wildman–Crippen MR) is 82.4 cm³/mol. The van der Waals surface area contributed by atoms with Crippen molar-refractivity contribution in [2.45, 2.75) is 19.5 Å². The van der Waals surface area contributed by atoms with Crippen molar-refractivity contribution in [1.29, 1.82) is 0 Å². The molecule has 6 nitrogen and oxygen atoms in total. The molecule has 0 aliphatic carbocycles. The van der Waals surface area contributed by atoms with Crippen molar-refractivity contribution in [2.75, 3.05) is 13.1 Å². The van der Waals surface area contributed by atoms with Crippen LogP contribution in [0.3, 0.4) is 0 Å². The smallest absolute Gasteiger partial charge is 0.434 e. The first-order valence-electron chi connectivity index (χ1n) is 7.47. The van der Waals surface area contributed by atoms with Crippen molar-refractivity contribution in [3.05, 3.63) is 47.8 Å². The molecule has 0 saturated heterocycles. The number of carboxylic acid groups (broad SMARTS) is 1. The Morgan fingerprint density at radius 2 is 1.88 bits per heavy atom. The number of carboxylic acids is 1. The van der Waals surface area contributed by atoms with Crippen molar-refractivity contribution in [3.63, 3.8) is 0 Å². The summed E-state index contributed by atoms with van der Waals surface area (Å²) >= 11 is 0. The summed E-state index contributed by atoms with van der Waals surface area (Å²) in [5, 5.41) is 12.6. The summed E-state index contributed by atoms with van der Waals surface area (Å²) in [6.07, 6.45) is -3.60. The minimum atomic E-state index is -4.83. The van der Waals surface area contributed by atoms with Crippen LogP contribution in [0.25, 0.3) is 5.69 Å². The quantitative estimate of drug-likeness (QED) is 0.865. The first-order valence-corrected chi connectivity index (χ1v) is 7.47. The van der Waals surface area contributed by atoms with E-state index in [0.29, 0.717) is 11.1 Å². The van der Waals surface area contributed by atoms with Gasteiger partial charge in [0.2, 0.25) is 0 Å². The van der Waals surface area contributed by atoms with Gasteiger partial charge >= 0.3 is 12.1 Å². The molecular formula is C16H16F3N3O3. The summed E-state index contributed by atoms with van der Waals surface area (Å²) in [5.41, 5.74) is -1.75. The highest BCUT2D eigenvalue weighted by molar-refractivity contribution is 5.97. The highest BCUT2D eigenvalue weighted by Crippen LogP contribution is 2.34. The summed E-state index contributed by atoms with van der Waals surface area (Å²) in [5.74, 6) is -2.32. The van der Waals surface area contributed by atoms with Gasteiger partial charge in [0, 0.05) is 6.54 Å². The fourth-order valence-corrected chi connectivity index (χ4v) is 2.40. The summed E-state index contributed by atoms with van der Waals surface area (Å²) < 4.78 is 41.3. The molecule has 0 aliphatic heterocycles. The molecule has 0 radical (unpaired) electrons. The summed E-state index contributed by atoms with van der Waals surface area (Å²) in [6, 6.07) is 7.59. The van der Waals surface area contributed by atoms with Crippen LogP contribution < -0.4 is 0 Å². The van der Waals surface area contributed by atoms with E-state index >= 15 is 0 Å². The third-order valence-corrected chi connectivity index (χ3v) is 3.38. The largest absolute Gasteiger partial charge is 0.480 e.